The number of aliphatic hydroxyl groups is 1. The molecule has 1 unspecified atom stereocenters. The fourth-order valence-corrected chi connectivity index (χ4v) is 2.74. The molecular weight excluding hydrogens is 239 g/mol. The molecule has 2 nitrogen and oxygen atoms in total. The van der Waals surface area contributed by atoms with E-state index in [4.69, 9.17) is 4.74 Å². The van der Waals surface area contributed by atoms with Gasteiger partial charge in [-0.25, -0.2) is 4.39 Å². The summed E-state index contributed by atoms with van der Waals surface area (Å²) in [6.45, 7) is 1.77. The highest BCUT2D eigenvalue weighted by Gasteiger charge is 2.23. The fourth-order valence-electron chi connectivity index (χ4n) is 1.72. The third-order valence-corrected chi connectivity index (χ3v) is 3.68. The molecule has 1 aromatic carbocycles. The summed E-state index contributed by atoms with van der Waals surface area (Å²) in [6.07, 6.45) is -0.941. The van der Waals surface area contributed by atoms with Crippen LogP contribution in [0.1, 0.15) is 21.4 Å². The predicted octanol–water partition coefficient (Wildman–Crippen LogP) is 3.29. The third-order valence-electron chi connectivity index (χ3n) is 2.57. The first kappa shape index (κ1) is 12.1. The summed E-state index contributed by atoms with van der Waals surface area (Å²) in [4.78, 5) is 1.03. The summed E-state index contributed by atoms with van der Waals surface area (Å²) in [7, 11) is 1.43. The summed E-state index contributed by atoms with van der Waals surface area (Å²) in [5, 5.41) is 10.1. The highest BCUT2D eigenvalue weighted by Crippen LogP contribution is 2.38. The van der Waals surface area contributed by atoms with Crippen molar-refractivity contribution in [2.24, 2.45) is 0 Å². The standard InChI is InChI=1S/C13H13FO2S/c1-8-12(16-2)10(14)13(17-8)11(15)9-6-4-3-5-7-9/h3-7,11,15H,1-2H3. The van der Waals surface area contributed by atoms with E-state index in [2.05, 4.69) is 0 Å². The van der Waals surface area contributed by atoms with E-state index in [1.165, 1.54) is 18.4 Å². The van der Waals surface area contributed by atoms with Crippen molar-refractivity contribution < 1.29 is 14.2 Å². The predicted molar refractivity (Wildman–Crippen MR) is 66.1 cm³/mol. The lowest BCUT2D eigenvalue weighted by Crippen LogP contribution is -1.99. The molecule has 2 aromatic rings. The summed E-state index contributed by atoms with van der Waals surface area (Å²) in [5.74, 6) is -0.244. The van der Waals surface area contributed by atoms with Gasteiger partial charge in [0.1, 0.15) is 6.10 Å². The van der Waals surface area contributed by atoms with Gasteiger partial charge in [-0.3, -0.25) is 0 Å². The van der Waals surface area contributed by atoms with Crippen molar-refractivity contribution in [1.82, 2.24) is 0 Å². The zero-order valence-corrected chi connectivity index (χ0v) is 10.4. The number of benzene rings is 1. The van der Waals surface area contributed by atoms with Gasteiger partial charge in [0.05, 0.1) is 12.0 Å². The average molecular weight is 252 g/mol. The lowest BCUT2D eigenvalue weighted by atomic mass is 10.1. The van der Waals surface area contributed by atoms with Crippen molar-refractivity contribution in [2.45, 2.75) is 13.0 Å². The topological polar surface area (TPSA) is 29.5 Å². The number of ether oxygens (including phenoxy) is 1. The molecule has 1 atom stereocenters. The van der Waals surface area contributed by atoms with E-state index in [9.17, 15) is 9.50 Å². The van der Waals surface area contributed by atoms with Gasteiger partial charge in [0.2, 0.25) is 0 Å². The van der Waals surface area contributed by atoms with E-state index in [1.54, 1.807) is 19.1 Å². The highest BCUT2D eigenvalue weighted by atomic mass is 32.1. The Morgan fingerprint density at radius 3 is 2.47 bits per heavy atom. The molecule has 0 aliphatic heterocycles. The molecule has 0 bridgehead atoms. The SMILES string of the molecule is COc1c(C)sc(C(O)c2ccccc2)c1F. The summed E-state index contributed by atoms with van der Waals surface area (Å²) >= 11 is 1.22. The van der Waals surface area contributed by atoms with E-state index in [1.807, 2.05) is 18.2 Å². The van der Waals surface area contributed by atoms with E-state index in [-0.39, 0.29) is 5.75 Å². The number of aryl methyl sites for hydroxylation is 1. The molecule has 1 heterocycles. The summed E-state index contributed by atoms with van der Waals surface area (Å²) in [6, 6.07) is 9.02. The molecule has 0 fully saturated rings. The molecule has 0 radical (unpaired) electrons. The zero-order valence-electron chi connectivity index (χ0n) is 9.61. The molecule has 17 heavy (non-hydrogen) atoms. The van der Waals surface area contributed by atoms with E-state index >= 15 is 0 Å². The molecule has 0 aliphatic carbocycles. The Morgan fingerprint density at radius 1 is 1.29 bits per heavy atom. The second-order valence-corrected chi connectivity index (χ2v) is 4.94. The van der Waals surface area contributed by atoms with Crippen LogP contribution in [0.15, 0.2) is 30.3 Å². The smallest absolute Gasteiger partial charge is 0.182 e. The van der Waals surface area contributed by atoms with Gasteiger partial charge in [-0.15, -0.1) is 11.3 Å². The Hall–Kier alpha value is -1.39. The lowest BCUT2D eigenvalue weighted by molar-refractivity contribution is 0.218. The van der Waals surface area contributed by atoms with Gasteiger partial charge < -0.3 is 9.84 Å². The molecule has 0 spiro atoms. The number of hydrogen-bond donors (Lipinski definition) is 1. The Bertz CT molecular complexity index is 508. The molecule has 2 rings (SSSR count). The lowest BCUT2D eigenvalue weighted by Gasteiger charge is -2.08. The summed E-state index contributed by atoms with van der Waals surface area (Å²) < 4.78 is 18.9. The van der Waals surface area contributed by atoms with Crippen LogP contribution in [0.2, 0.25) is 0 Å². The van der Waals surface area contributed by atoms with Crippen molar-refractivity contribution in [2.75, 3.05) is 7.11 Å². The van der Waals surface area contributed by atoms with Crippen LogP contribution in [0.3, 0.4) is 0 Å². The second kappa shape index (κ2) is 4.85. The maximum absolute atomic E-state index is 14.0. The Balaban J connectivity index is 2.41. The molecule has 1 N–H and O–H groups in total. The molecule has 0 aliphatic rings. The zero-order chi connectivity index (χ0) is 12.4. The summed E-state index contributed by atoms with van der Waals surface area (Å²) in [5.41, 5.74) is 0.676. The van der Waals surface area contributed by atoms with Gasteiger partial charge >= 0.3 is 0 Å². The minimum Gasteiger partial charge on any atom is -0.493 e. The fraction of sp³-hybridized carbons (Fsp3) is 0.231. The Kier molecular flexibility index (Phi) is 3.45. The van der Waals surface area contributed by atoms with Gasteiger partial charge in [-0.05, 0) is 12.5 Å². The number of halogens is 1. The number of thiophene rings is 1. The van der Waals surface area contributed by atoms with Crippen LogP contribution in [0.5, 0.6) is 5.75 Å². The molecule has 0 saturated carbocycles. The van der Waals surface area contributed by atoms with Crippen LogP contribution in [-0.4, -0.2) is 12.2 Å². The van der Waals surface area contributed by atoms with E-state index in [0.29, 0.717) is 10.4 Å². The molecule has 4 heteroatoms. The quantitative estimate of drug-likeness (QED) is 0.908. The van der Waals surface area contributed by atoms with Crippen molar-refractivity contribution in [1.29, 1.82) is 0 Å². The first-order valence-electron chi connectivity index (χ1n) is 5.21. The average Bonchev–Trinajstić information content (AvgIpc) is 2.64. The van der Waals surface area contributed by atoms with Crippen molar-refractivity contribution in [3.8, 4) is 5.75 Å². The highest BCUT2D eigenvalue weighted by molar-refractivity contribution is 7.12. The normalized spacial score (nSPS) is 12.5. The van der Waals surface area contributed by atoms with Crippen LogP contribution in [0.4, 0.5) is 4.39 Å². The number of aliphatic hydroxyl groups excluding tert-OH is 1. The molecular formula is C13H13FO2S. The van der Waals surface area contributed by atoms with E-state index < -0.39 is 11.9 Å². The van der Waals surface area contributed by atoms with Crippen molar-refractivity contribution in [3.05, 3.63) is 51.5 Å². The van der Waals surface area contributed by atoms with Crippen molar-refractivity contribution in [3.63, 3.8) is 0 Å². The van der Waals surface area contributed by atoms with Crippen LogP contribution in [-0.2, 0) is 0 Å². The largest absolute Gasteiger partial charge is 0.493 e. The van der Waals surface area contributed by atoms with Gasteiger partial charge in [0.25, 0.3) is 0 Å². The maximum atomic E-state index is 14.0. The minimum atomic E-state index is -0.941. The molecule has 0 saturated heterocycles. The second-order valence-electron chi connectivity index (χ2n) is 3.68. The van der Waals surface area contributed by atoms with Gasteiger partial charge in [0, 0.05) is 4.88 Å². The maximum Gasteiger partial charge on any atom is 0.182 e. The number of rotatable bonds is 3. The van der Waals surface area contributed by atoms with Gasteiger partial charge in [-0.2, -0.15) is 0 Å². The Labute approximate surface area is 103 Å². The van der Waals surface area contributed by atoms with E-state index in [0.717, 1.165) is 4.88 Å². The van der Waals surface area contributed by atoms with Gasteiger partial charge in [0.15, 0.2) is 11.6 Å². The minimum absolute atomic E-state index is 0.222. The Morgan fingerprint density at radius 2 is 1.94 bits per heavy atom. The van der Waals surface area contributed by atoms with Crippen LogP contribution in [0, 0.1) is 12.7 Å². The first-order valence-corrected chi connectivity index (χ1v) is 6.02. The monoisotopic (exact) mass is 252 g/mol. The van der Waals surface area contributed by atoms with Gasteiger partial charge in [-0.1, -0.05) is 30.3 Å². The molecule has 0 amide bonds. The molecule has 90 valence electrons. The van der Waals surface area contributed by atoms with Crippen LogP contribution in [0.25, 0.3) is 0 Å². The number of methoxy groups -OCH3 is 1. The van der Waals surface area contributed by atoms with Crippen LogP contribution >= 0.6 is 11.3 Å². The number of hydrogen-bond acceptors (Lipinski definition) is 3. The first-order chi connectivity index (χ1) is 8.15. The van der Waals surface area contributed by atoms with Crippen molar-refractivity contribution >= 4 is 11.3 Å². The third kappa shape index (κ3) is 2.18. The molecule has 1 aromatic heterocycles. The van der Waals surface area contributed by atoms with Crippen LogP contribution < -0.4 is 4.74 Å².